The van der Waals surface area contributed by atoms with Crippen LogP contribution in [0.2, 0.25) is 0 Å². The molecule has 2 aromatic carbocycles. The fourth-order valence-corrected chi connectivity index (χ4v) is 2.55. The van der Waals surface area contributed by atoms with Crippen LogP contribution in [0.1, 0.15) is 12.5 Å². The number of ether oxygens (including phenoxy) is 2. The molecule has 0 aliphatic heterocycles. The normalized spacial score (nSPS) is 11.2. The highest BCUT2D eigenvalue weighted by Gasteiger charge is 2.06. The highest BCUT2D eigenvalue weighted by molar-refractivity contribution is 5.78. The van der Waals surface area contributed by atoms with Crippen LogP contribution < -0.4 is 9.47 Å². The van der Waals surface area contributed by atoms with Gasteiger partial charge in [-0.1, -0.05) is 36.4 Å². The predicted octanol–water partition coefficient (Wildman–Crippen LogP) is 4.16. The maximum absolute atomic E-state index is 5.87. The van der Waals surface area contributed by atoms with Gasteiger partial charge in [0.2, 0.25) is 0 Å². The molecule has 0 radical (unpaired) electrons. The number of hydrogen-bond acceptors (Lipinski definition) is 3. The van der Waals surface area contributed by atoms with E-state index >= 15 is 0 Å². The number of para-hydroxylation sites is 1. The molecule has 23 heavy (non-hydrogen) atoms. The second-order valence-corrected chi connectivity index (χ2v) is 5.19. The fraction of sp³-hybridized carbons (Fsp3) is 0.211. The van der Waals surface area contributed by atoms with Gasteiger partial charge in [0.05, 0.1) is 25.4 Å². The van der Waals surface area contributed by atoms with Gasteiger partial charge in [-0.25, -0.2) is 0 Å². The van der Waals surface area contributed by atoms with Crippen LogP contribution in [0.5, 0.6) is 11.5 Å². The monoisotopic (exact) mass is 308 g/mol. The van der Waals surface area contributed by atoms with Gasteiger partial charge in [-0.2, -0.15) is 5.10 Å². The van der Waals surface area contributed by atoms with Crippen molar-refractivity contribution in [3.63, 3.8) is 0 Å². The van der Waals surface area contributed by atoms with Crippen molar-refractivity contribution >= 4 is 17.0 Å². The van der Waals surface area contributed by atoms with E-state index in [1.807, 2.05) is 60.3 Å². The van der Waals surface area contributed by atoms with E-state index in [4.69, 9.17) is 9.47 Å². The van der Waals surface area contributed by atoms with Crippen LogP contribution in [0.3, 0.4) is 0 Å². The van der Waals surface area contributed by atoms with Gasteiger partial charge in [0.1, 0.15) is 6.61 Å². The number of rotatable bonds is 6. The molecule has 0 aliphatic rings. The molecule has 0 amide bonds. The number of methoxy groups -OCH3 is 1. The zero-order valence-corrected chi connectivity index (χ0v) is 13.4. The van der Waals surface area contributed by atoms with E-state index in [2.05, 4.69) is 17.2 Å². The highest BCUT2D eigenvalue weighted by atomic mass is 16.5. The molecule has 0 saturated heterocycles. The SMILES string of the molecule is C/C=C/c1ccc(OCCn2ncc3ccccc32)c(OC)c1. The van der Waals surface area contributed by atoms with Crippen LogP contribution in [0.4, 0.5) is 0 Å². The summed E-state index contributed by atoms with van der Waals surface area (Å²) in [5, 5.41) is 5.54. The molecule has 4 nitrogen and oxygen atoms in total. The van der Waals surface area contributed by atoms with Crippen molar-refractivity contribution in [3.8, 4) is 11.5 Å². The summed E-state index contributed by atoms with van der Waals surface area (Å²) in [4.78, 5) is 0. The Morgan fingerprint density at radius 2 is 2.00 bits per heavy atom. The molecule has 118 valence electrons. The van der Waals surface area contributed by atoms with Crippen LogP contribution in [0.15, 0.2) is 54.7 Å². The molecule has 0 atom stereocenters. The van der Waals surface area contributed by atoms with E-state index in [0.717, 1.165) is 28.0 Å². The number of fused-ring (bicyclic) bond motifs is 1. The van der Waals surface area contributed by atoms with Crippen LogP contribution in [-0.4, -0.2) is 23.5 Å². The summed E-state index contributed by atoms with van der Waals surface area (Å²) >= 11 is 0. The summed E-state index contributed by atoms with van der Waals surface area (Å²) in [5.74, 6) is 1.49. The van der Waals surface area contributed by atoms with E-state index < -0.39 is 0 Å². The van der Waals surface area contributed by atoms with E-state index in [9.17, 15) is 0 Å². The minimum absolute atomic E-state index is 0.533. The van der Waals surface area contributed by atoms with Gasteiger partial charge in [0, 0.05) is 5.39 Å². The Morgan fingerprint density at radius 1 is 1.13 bits per heavy atom. The third-order valence-electron chi connectivity index (χ3n) is 3.66. The lowest BCUT2D eigenvalue weighted by Crippen LogP contribution is -2.09. The van der Waals surface area contributed by atoms with Crippen LogP contribution in [0, 0.1) is 0 Å². The van der Waals surface area contributed by atoms with Crippen LogP contribution in [-0.2, 0) is 6.54 Å². The molecule has 0 N–H and O–H groups in total. The average molecular weight is 308 g/mol. The lowest BCUT2D eigenvalue weighted by atomic mass is 10.2. The first kappa shape index (κ1) is 15.2. The number of aromatic nitrogens is 2. The van der Waals surface area contributed by atoms with Crippen molar-refractivity contribution in [2.75, 3.05) is 13.7 Å². The van der Waals surface area contributed by atoms with Crippen molar-refractivity contribution in [3.05, 3.63) is 60.3 Å². The lowest BCUT2D eigenvalue weighted by Gasteiger charge is -2.11. The Hall–Kier alpha value is -2.75. The van der Waals surface area contributed by atoms with Gasteiger partial charge in [-0.3, -0.25) is 4.68 Å². The summed E-state index contributed by atoms with van der Waals surface area (Å²) in [5.41, 5.74) is 2.21. The molecule has 3 rings (SSSR count). The van der Waals surface area contributed by atoms with Crippen molar-refractivity contribution in [2.45, 2.75) is 13.5 Å². The van der Waals surface area contributed by atoms with Crippen molar-refractivity contribution < 1.29 is 9.47 Å². The smallest absolute Gasteiger partial charge is 0.161 e. The summed E-state index contributed by atoms with van der Waals surface area (Å²) in [7, 11) is 1.66. The largest absolute Gasteiger partial charge is 0.493 e. The zero-order chi connectivity index (χ0) is 16.1. The fourth-order valence-electron chi connectivity index (χ4n) is 2.55. The first-order valence-electron chi connectivity index (χ1n) is 7.66. The number of hydrogen-bond donors (Lipinski definition) is 0. The molecule has 1 heterocycles. The molecule has 0 saturated carbocycles. The van der Waals surface area contributed by atoms with E-state index in [1.54, 1.807) is 7.11 Å². The van der Waals surface area contributed by atoms with Gasteiger partial charge in [-0.15, -0.1) is 0 Å². The Bertz CT molecular complexity index is 821. The van der Waals surface area contributed by atoms with E-state index in [1.165, 1.54) is 0 Å². The lowest BCUT2D eigenvalue weighted by molar-refractivity contribution is 0.276. The Balaban J connectivity index is 1.68. The molecular formula is C19H20N2O2. The standard InChI is InChI=1S/C19H20N2O2/c1-3-6-15-9-10-18(19(13-15)22-2)23-12-11-21-17-8-5-4-7-16(17)14-20-21/h3-10,13-14H,11-12H2,1-2H3/b6-3+. The first-order valence-corrected chi connectivity index (χ1v) is 7.66. The van der Waals surface area contributed by atoms with Crippen LogP contribution in [0.25, 0.3) is 17.0 Å². The third kappa shape index (κ3) is 3.37. The minimum Gasteiger partial charge on any atom is -0.493 e. The Labute approximate surface area is 136 Å². The maximum Gasteiger partial charge on any atom is 0.161 e. The second-order valence-electron chi connectivity index (χ2n) is 5.19. The second kappa shape index (κ2) is 7.01. The summed E-state index contributed by atoms with van der Waals surface area (Å²) in [6, 6.07) is 14.1. The molecular weight excluding hydrogens is 288 g/mol. The van der Waals surface area contributed by atoms with Gasteiger partial charge >= 0.3 is 0 Å². The van der Waals surface area contributed by atoms with Crippen molar-refractivity contribution in [1.82, 2.24) is 9.78 Å². The molecule has 0 unspecified atom stereocenters. The van der Waals surface area contributed by atoms with Crippen molar-refractivity contribution in [1.29, 1.82) is 0 Å². The van der Waals surface area contributed by atoms with Gasteiger partial charge in [-0.05, 0) is 30.7 Å². The first-order chi connectivity index (χ1) is 11.3. The average Bonchev–Trinajstić information content (AvgIpc) is 2.99. The highest BCUT2D eigenvalue weighted by Crippen LogP contribution is 2.28. The van der Waals surface area contributed by atoms with E-state index in [0.29, 0.717) is 13.2 Å². The quantitative estimate of drug-likeness (QED) is 0.686. The Morgan fingerprint density at radius 3 is 2.83 bits per heavy atom. The Kier molecular flexibility index (Phi) is 4.62. The summed E-state index contributed by atoms with van der Waals surface area (Å²) in [6.07, 6.45) is 5.90. The molecule has 0 spiro atoms. The molecule has 0 fully saturated rings. The predicted molar refractivity (Wildman–Crippen MR) is 92.9 cm³/mol. The third-order valence-corrected chi connectivity index (χ3v) is 3.66. The zero-order valence-electron chi connectivity index (χ0n) is 13.4. The molecule has 3 aromatic rings. The summed E-state index contributed by atoms with van der Waals surface area (Å²) in [6.45, 7) is 3.21. The van der Waals surface area contributed by atoms with Crippen LogP contribution >= 0.6 is 0 Å². The van der Waals surface area contributed by atoms with Gasteiger partial charge < -0.3 is 9.47 Å². The van der Waals surface area contributed by atoms with Gasteiger partial charge in [0.25, 0.3) is 0 Å². The number of allylic oxidation sites excluding steroid dienone is 1. The molecule has 4 heteroatoms. The van der Waals surface area contributed by atoms with E-state index in [-0.39, 0.29) is 0 Å². The molecule has 0 bridgehead atoms. The minimum atomic E-state index is 0.533. The van der Waals surface area contributed by atoms with Gasteiger partial charge in [0.15, 0.2) is 11.5 Å². The number of benzene rings is 2. The molecule has 0 aliphatic carbocycles. The maximum atomic E-state index is 5.87. The topological polar surface area (TPSA) is 36.3 Å². The number of nitrogens with zero attached hydrogens (tertiary/aromatic N) is 2. The molecule has 1 aromatic heterocycles. The van der Waals surface area contributed by atoms with Crippen molar-refractivity contribution in [2.24, 2.45) is 0 Å². The summed E-state index contributed by atoms with van der Waals surface area (Å²) < 4.78 is 13.2.